The Hall–Kier alpha value is -0.580. The molecule has 2 rings (SSSR count). The van der Waals surface area contributed by atoms with Crippen molar-refractivity contribution >= 4 is 33.4 Å². The third kappa shape index (κ3) is 2.87. The Bertz CT molecular complexity index is 466. The van der Waals surface area contributed by atoms with Crippen molar-refractivity contribution in [3.05, 3.63) is 33.3 Å². The molecule has 1 saturated heterocycles. The van der Waals surface area contributed by atoms with E-state index in [0.29, 0.717) is 16.6 Å². The smallest absolute Gasteiger partial charge is 0.253 e. The molecule has 0 aliphatic carbocycles. The minimum absolute atomic E-state index is 0.0762. The van der Waals surface area contributed by atoms with E-state index in [0.717, 1.165) is 24.1 Å². The van der Waals surface area contributed by atoms with Crippen LogP contribution in [-0.2, 0) is 0 Å². The number of hydrogen-bond donors (Lipinski definition) is 0. The molecule has 0 aromatic heterocycles. The fraction of sp³-hybridized carbons (Fsp3) is 0.462. The Kier molecular flexibility index (Phi) is 4.30. The molecule has 0 spiro atoms. The van der Waals surface area contributed by atoms with Gasteiger partial charge in [-0.15, -0.1) is 0 Å². The minimum atomic E-state index is 0.0762. The van der Waals surface area contributed by atoms with Crippen LogP contribution in [0.15, 0.2) is 22.7 Å². The van der Waals surface area contributed by atoms with Crippen LogP contribution in [0, 0.1) is 0 Å². The highest BCUT2D eigenvalue weighted by Crippen LogP contribution is 2.24. The summed E-state index contributed by atoms with van der Waals surface area (Å²) in [6, 6.07) is 5.71. The number of nitrogens with zero attached hydrogens (tertiary/aromatic N) is 2. The van der Waals surface area contributed by atoms with Crippen LogP contribution >= 0.6 is 27.5 Å². The van der Waals surface area contributed by atoms with Gasteiger partial charge in [-0.05, 0) is 48.1 Å². The van der Waals surface area contributed by atoms with E-state index >= 15 is 0 Å². The zero-order valence-corrected chi connectivity index (χ0v) is 12.8. The summed E-state index contributed by atoms with van der Waals surface area (Å²) in [6.07, 6.45) is 0. The number of benzene rings is 1. The predicted molar refractivity (Wildman–Crippen MR) is 77.1 cm³/mol. The molecular formula is C13H16BrClN2O. The quantitative estimate of drug-likeness (QED) is 0.790. The number of piperazine rings is 1. The van der Waals surface area contributed by atoms with Crippen LogP contribution in [0.1, 0.15) is 17.3 Å². The molecule has 1 unspecified atom stereocenters. The highest BCUT2D eigenvalue weighted by Gasteiger charge is 2.25. The van der Waals surface area contributed by atoms with Crippen molar-refractivity contribution in [2.75, 3.05) is 26.7 Å². The van der Waals surface area contributed by atoms with Crippen molar-refractivity contribution in [2.45, 2.75) is 13.0 Å². The largest absolute Gasteiger partial charge is 0.336 e. The summed E-state index contributed by atoms with van der Waals surface area (Å²) < 4.78 is 0.761. The second kappa shape index (κ2) is 5.59. The lowest BCUT2D eigenvalue weighted by molar-refractivity contribution is 0.0572. The van der Waals surface area contributed by atoms with Crippen LogP contribution in [0.3, 0.4) is 0 Å². The molecule has 98 valence electrons. The van der Waals surface area contributed by atoms with Gasteiger partial charge in [-0.25, -0.2) is 0 Å². The average molecular weight is 332 g/mol. The van der Waals surface area contributed by atoms with Crippen molar-refractivity contribution in [3.63, 3.8) is 0 Å². The van der Waals surface area contributed by atoms with E-state index in [1.165, 1.54) is 0 Å². The highest BCUT2D eigenvalue weighted by molar-refractivity contribution is 9.10. The number of amides is 1. The summed E-state index contributed by atoms with van der Waals surface area (Å²) in [5.74, 6) is 0.0762. The SMILES string of the molecule is CC1CN(C(=O)c2ccc(Cl)c(Br)c2)CCN1C. The lowest BCUT2D eigenvalue weighted by Gasteiger charge is -2.37. The molecule has 18 heavy (non-hydrogen) atoms. The Labute approximate surface area is 121 Å². The number of likely N-dealkylation sites (N-methyl/N-ethyl adjacent to an activating group) is 1. The Balaban J connectivity index is 2.14. The number of carbonyl (C=O) groups is 1. The van der Waals surface area contributed by atoms with Gasteiger partial charge in [0.25, 0.3) is 5.91 Å². The van der Waals surface area contributed by atoms with Crippen molar-refractivity contribution in [1.82, 2.24) is 9.80 Å². The third-order valence-corrected chi connectivity index (χ3v) is 4.63. The van der Waals surface area contributed by atoms with Gasteiger partial charge in [-0.3, -0.25) is 4.79 Å². The van der Waals surface area contributed by atoms with Crippen molar-refractivity contribution in [1.29, 1.82) is 0 Å². The first-order valence-corrected chi connectivity index (χ1v) is 7.10. The maximum absolute atomic E-state index is 12.4. The summed E-state index contributed by atoms with van der Waals surface area (Å²) >= 11 is 9.28. The summed E-state index contributed by atoms with van der Waals surface area (Å²) in [5.41, 5.74) is 0.683. The van der Waals surface area contributed by atoms with E-state index in [4.69, 9.17) is 11.6 Å². The molecule has 1 amide bonds. The second-order valence-electron chi connectivity index (χ2n) is 4.71. The van der Waals surface area contributed by atoms with E-state index in [1.54, 1.807) is 18.2 Å². The molecule has 0 saturated carbocycles. The molecule has 1 aliphatic heterocycles. The first-order chi connectivity index (χ1) is 8.49. The van der Waals surface area contributed by atoms with E-state index in [9.17, 15) is 4.79 Å². The molecule has 1 aliphatic rings. The van der Waals surface area contributed by atoms with Gasteiger partial charge in [0.2, 0.25) is 0 Å². The van der Waals surface area contributed by atoms with Crippen LogP contribution in [0.25, 0.3) is 0 Å². The van der Waals surface area contributed by atoms with Gasteiger partial charge in [0.15, 0.2) is 0 Å². The molecule has 1 atom stereocenters. The van der Waals surface area contributed by atoms with Crippen LogP contribution in [-0.4, -0.2) is 48.4 Å². The molecule has 0 bridgehead atoms. The molecule has 0 radical (unpaired) electrons. The molecule has 1 aromatic carbocycles. The predicted octanol–water partition coefficient (Wildman–Crippen LogP) is 2.88. The zero-order chi connectivity index (χ0) is 13.3. The summed E-state index contributed by atoms with van der Waals surface area (Å²) in [4.78, 5) is 16.5. The number of rotatable bonds is 1. The van der Waals surface area contributed by atoms with E-state index < -0.39 is 0 Å². The first-order valence-electron chi connectivity index (χ1n) is 5.93. The van der Waals surface area contributed by atoms with E-state index in [1.807, 2.05) is 4.90 Å². The topological polar surface area (TPSA) is 23.6 Å². The summed E-state index contributed by atoms with van der Waals surface area (Å²) in [6.45, 7) is 4.61. The lowest BCUT2D eigenvalue weighted by atomic mass is 10.1. The standard InChI is InChI=1S/C13H16BrClN2O/c1-9-8-17(6-5-16(9)2)13(18)10-3-4-12(15)11(14)7-10/h3-4,7,9H,5-6,8H2,1-2H3. The van der Waals surface area contributed by atoms with Gasteiger partial charge in [0.05, 0.1) is 5.02 Å². The maximum atomic E-state index is 12.4. The Morgan fingerprint density at radius 3 is 2.78 bits per heavy atom. The fourth-order valence-corrected chi connectivity index (χ4v) is 2.54. The number of hydrogen-bond acceptors (Lipinski definition) is 2. The Morgan fingerprint density at radius 1 is 1.44 bits per heavy atom. The molecular weight excluding hydrogens is 316 g/mol. The fourth-order valence-electron chi connectivity index (χ4n) is 2.04. The third-order valence-electron chi connectivity index (χ3n) is 3.41. The van der Waals surface area contributed by atoms with Gasteiger partial charge in [0, 0.05) is 35.7 Å². The van der Waals surface area contributed by atoms with Crippen LogP contribution < -0.4 is 0 Å². The molecule has 1 aromatic rings. The molecule has 1 heterocycles. The molecule has 0 N–H and O–H groups in total. The maximum Gasteiger partial charge on any atom is 0.253 e. The lowest BCUT2D eigenvalue weighted by Crippen LogP contribution is -2.52. The van der Waals surface area contributed by atoms with E-state index in [2.05, 4.69) is 34.8 Å². The molecule has 1 fully saturated rings. The van der Waals surface area contributed by atoms with Crippen molar-refractivity contribution in [2.24, 2.45) is 0 Å². The van der Waals surface area contributed by atoms with Crippen molar-refractivity contribution < 1.29 is 4.79 Å². The van der Waals surface area contributed by atoms with Crippen LogP contribution in [0.2, 0.25) is 5.02 Å². The summed E-state index contributed by atoms with van der Waals surface area (Å²) in [7, 11) is 2.09. The number of carbonyl (C=O) groups excluding carboxylic acids is 1. The van der Waals surface area contributed by atoms with Crippen molar-refractivity contribution in [3.8, 4) is 0 Å². The van der Waals surface area contributed by atoms with Gasteiger partial charge >= 0.3 is 0 Å². The van der Waals surface area contributed by atoms with Gasteiger partial charge < -0.3 is 9.80 Å². The average Bonchev–Trinajstić information content (AvgIpc) is 2.35. The zero-order valence-electron chi connectivity index (χ0n) is 10.5. The monoisotopic (exact) mass is 330 g/mol. The molecule has 3 nitrogen and oxygen atoms in total. The normalized spacial score (nSPS) is 21.1. The van der Waals surface area contributed by atoms with Crippen LogP contribution in [0.5, 0.6) is 0 Å². The second-order valence-corrected chi connectivity index (χ2v) is 5.97. The Morgan fingerprint density at radius 2 is 2.17 bits per heavy atom. The summed E-state index contributed by atoms with van der Waals surface area (Å²) in [5, 5.41) is 0.623. The van der Waals surface area contributed by atoms with Gasteiger partial charge in [-0.2, -0.15) is 0 Å². The van der Waals surface area contributed by atoms with Crippen LogP contribution in [0.4, 0.5) is 0 Å². The number of halogens is 2. The highest BCUT2D eigenvalue weighted by atomic mass is 79.9. The van der Waals surface area contributed by atoms with Gasteiger partial charge in [0.1, 0.15) is 0 Å². The minimum Gasteiger partial charge on any atom is -0.336 e. The molecule has 5 heteroatoms. The first kappa shape index (κ1) is 13.8. The van der Waals surface area contributed by atoms with Gasteiger partial charge in [-0.1, -0.05) is 11.6 Å². The van der Waals surface area contributed by atoms with E-state index in [-0.39, 0.29) is 5.91 Å².